The highest BCUT2D eigenvalue weighted by atomic mass is 32.1. The predicted molar refractivity (Wildman–Crippen MR) is 60.9 cm³/mol. The summed E-state index contributed by atoms with van der Waals surface area (Å²) in [5.41, 5.74) is 0.510. The zero-order valence-electron chi connectivity index (χ0n) is 7.65. The first-order valence-corrected chi connectivity index (χ1v) is 5.80. The Morgan fingerprint density at radius 1 is 1.12 bits per heavy atom. The molecule has 0 aliphatic heterocycles. The summed E-state index contributed by atoms with van der Waals surface area (Å²) in [7, 11) is 0. The van der Waals surface area contributed by atoms with Crippen molar-refractivity contribution in [1.82, 2.24) is 0 Å². The molecule has 82 valence electrons. The average Bonchev–Trinajstić information content (AvgIpc) is 2.86. The van der Waals surface area contributed by atoms with Crippen LogP contribution < -0.4 is 0 Å². The van der Waals surface area contributed by atoms with Crippen molar-refractivity contribution in [3.8, 4) is 10.4 Å². The first-order chi connectivity index (χ1) is 7.59. The van der Waals surface area contributed by atoms with Crippen LogP contribution in [0.3, 0.4) is 0 Å². The van der Waals surface area contributed by atoms with Gasteiger partial charge in [0, 0.05) is 23.1 Å². The molecular formula is C8H4N2O4S2. The van der Waals surface area contributed by atoms with Gasteiger partial charge in [0.05, 0.1) is 9.85 Å². The lowest BCUT2D eigenvalue weighted by Crippen LogP contribution is -1.86. The van der Waals surface area contributed by atoms with Gasteiger partial charge < -0.3 is 0 Å². The molecule has 0 radical (unpaired) electrons. The zero-order chi connectivity index (χ0) is 11.7. The molecule has 2 aromatic rings. The second-order valence-electron chi connectivity index (χ2n) is 2.82. The number of hydrogen-bond donors (Lipinski definition) is 0. The molecule has 0 unspecified atom stereocenters. The van der Waals surface area contributed by atoms with Gasteiger partial charge in [0.1, 0.15) is 4.88 Å². The minimum absolute atomic E-state index is 0.0160. The van der Waals surface area contributed by atoms with Crippen molar-refractivity contribution in [1.29, 1.82) is 0 Å². The molecule has 0 fully saturated rings. The van der Waals surface area contributed by atoms with Gasteiger partial charge in [0.2, 0.25) is 0 Å². The van der Waals surface area contributed by atoms with Crippen molar-refractivity contribution >= 4 is 33.4 Å². The van der Waals surface area contributed by atoms with Crippen LogP contribution in [0.25, 0.3) is 10.4 Å². The summed E-state index contributed by atoms with van der Waals surface area (Å²) in [6.45, 7) is 0. The second kappa shape index (κ2) is 3.99. The molecule has 0 aliphatic rings. The predicted octanol–water partition coefficient (Wildman–Crippen LogP) is 3.29. The summed E-state index contributed by atoms with van der Waals surface area (Å²) in [4.78, 5) is 20.6. The molecule has 2 aromatic heterocycles. The van der Waals surface area contributed by atoms with E-state index in [0.29, 0.717) is 10.4 Å². The van der Waals surface area contributed by atoms with Crippen molar-refractivity contribution in [2.75, 3.05) is 0 Å². The lowest BCUT2D eigenvalue weighted by Gasteiger charge is -1.91. The monoisotopic (exact) mass is 256 g/mol. The Labute approximate surface area is 97.1 Å². The normalized spacial score (nSPS) is 10.2. The standard InChI is InChI=1S/C8H4N2O4S2/c11-9(12)6-1-2-15-8(6)5-3-7(10(13)14)16-4-5/h1-4H. The van der Waals surface area contributed by atoms with Crippen molar-refractivity contribution in [3.63, 3.8) is 0 Å². The van der Waals surface area contributed by atoms with Gasteiger partial charge in [-0.15, -0.1) is 11.3 Å². The van der Waals surface area contributed by atoms with E-state index >= 15 is 0 Å². The Kier molecular flexibility index (Phi) is 2.67. The van der Waals surface area contributed by atoms with E-state index in [9.17, 15) is 20.2 Å². The molecule has 0 aliphatic carbocycles. The van der Waals surface area contributed by atoms with Crippen molar-refractivity contribution in [2.24, 2.45) is 0 Å². The van der Waals surface area contributed by atoms with E-state index in [2.05, 4.69) is 0 Å². The maximum Gasteiger partial charge on any atom is 0.324 e. The summed E-state index contributed by atoms with van der Waals surface area (Å²) < 4.78 is 0. The maximum atomic E-state index is 10.7. The van der Waals surface area contributed by atoms with Crippen LogP contribution in [-0.2, 0) is 0 Å². The molecule has 0 saturated heterocycles. The first-order valence-electron chi connectivity index (χ1n) is 4.05. The summed E-state index contributed by atoms with van der Waals surface area (Å²) in [6.07, 6.45) is 0. The van der Waals surface area contributed by atoms with Crippen LogP contribution in [-0.4, -0.2) is 9.85 Å². The molecule has 2 heterocycles. The van der Waals surface area contributed by atoms with Crippen molar-refractivity contribution in [3.05, 3.63) is 43.1 Å². The van der Waals surface area contributed by atoms with Crippen LogP contribution in [0.5, 0.6) is 0 Å². The lowest BCUT2D eigenvalue weighted by molar-refractivity contribution is -0.383. The average molecular weight is 256 g/mol. The number of nitro groups is 2. The van der Waals surface area contributed by atoms with E-state index < -0.39 is 9.85 Å². The van der Waals surface area contributed by atoms with Crippen LogP contribution >= 0.6 is 22.7 Å². The van der Waals surface area contributed by atoms with Gasteiger partial charge in [-0.3, -0.25) is 20.2 Å². The molecule has 2 rings (SSSR count). The van der Waals surface area contributed by atoms with Gasteiger partial charge >= 0.3 is 5.00 Å². The Bertz CT molecular complexity index is 560. The molecule has 8 heteroatoms. The number of hydrogen-bond acceptors (Lipinski definition) is 6. The van der Waals surface area contributed by atoms with Gasteiger partial charge in [-0.05, 0) is 5.38 Å². The SMILES string of the molecule is O=[N+]([O-])c1cc(-c2sccc2[N+](=O)[O-])cs1. The third-order valence-corrected chi connectivity index (χ3v) is 3.70. The van der Waals surface area contributed by atoms with E-state index in [4.69, 9.17) is 0 Å². The Balaban J connectivity index is 2.46. The smallest absolute Gasteiger partial charge is 0.258 e. The van der Waals surface area contributed by atoms with E-state index in [0.717, 1.165) is 11.3 Å². The fourth-order valence-corrected chi connectivity index (χ4v) is 2.84. The second-order valence-corrected chi connectivity index (χ2v) is 4.63. The third-order valence-electron chi connectivity index (χ3n) is 1.87. The van der Waals surface area contributed by atoms with Crippen LogP contribution in [0.4, 0.5) is 10.7 Å². The van der Waals surface area contributed by atoms with Gasteiger partial charge in [-0.25, -0.2) is 0 Å². The molecule has 0 saturated carbocycles. The van der Waals surface area contributed by atoms with Crippen LogP contribution in [0.15, 0.2) is 22.9 Å². The van der Waals surface area contributed by atoms with Gasteiger partial charge in [0.15, 0.2) is 0 Å². The number of nitrogens with zero attached hydrogens (tertiary/aromatic N) is 2. The summed E-state index contributed by atoms with van der Waals surface area (Å²) in [5, 5.41) is 24.3. The zero-order valence-corrected chi connectivity index (χ0v) is 9.29. The highest BCUT2D eigenvalue weighted by Crippen LogP contribution is 2.39. The summed E-state index contributed by atoms with van der Waals surface area (Å²) >= 11 is 2.16. The molecule has 0 N–H and O–H groups in total. The Morgan fingerprint density at radius 2 is 1.88 bits per heavy atom. The maximum absolute atomic E-state index is 10.7. The summed E-state index contributed by atoms with van der Waals surface area (Å²) in [5.74, 6) is 0. The quantitative estimate of drug-likeness (QED) is 0.622. The third kappa shape index (κ3) is 1.79. The highest BCUT2D eigenvalue weighted by Gasteiger charge is 2.20. The van der Waals surface area contributed by atoms with Crippen molar-refractivity contribution < 1.29 is 9.85 Å². The van der Waals surface area contributed by atoms with Crippen LogP contribution in [0.2, 0.25) is 0 Å². The van der Waals surface area contributed by atoms with Crippen molar-refractivity contribution in [2.45, 2.75) is 0 Å². The van der Waals surface area contributed by atoms with Gasteiger partial charge in [-0.1, -0.05) is 11.3 Å². The Hall–Kier alpha value is -1.80. The highest BCUT2D eigenvalue weighted by molar-refractivity contribution is 7.16. The van der Waals surface area contributed by atoms with Gasteiger partial charge in [0.25, 0.3) is 5.69 Å². The first kappa shape index (κ1) is 10.7. The molecule has 6 nitrogen and oxygen atoms in total. The summed E-state index contributed by atoms with van der Waals surface area (Å²) in [6, 6.07) is 2.74. The van der Waals surface area contributed by atoms with Crippen LogP contribution in [0, 0.1) is 20.2 Å². The largest absolute Gasteiger partial charge is 0.324 e. The van der Waals surface area contributed by atoms with E-state index in [1.165, 1.54) is 23.5 Å². The molecule has 0 bridgehead atoms. The molecule has 0 spiro atoms. The van der Waals surface area contributed by atoms with E-state index in [1.807, 2.05) is 0 Å². The van der Waals surface area contributed by atoms with E-state index in [1.54, 1.807) is 10.8 Å². The number of rotatable bonds is 3. The lowest BCUT2D eigenvalue weighted by atomic mass is 10.2. The van der Waals surface area contributed by atoms with E-state index in [-0.39, 0.29) is 10.7 Å². The van der Waals surface area contributed by atoms with Gasteiger partial charge in [-0.2, -0.15) is 0 Å². The van der Waals surface area contributed by atoms with Crippen LogP contribution in [0.1, 0.15) is 0 Å². The molecule has 16 heavy (non-hydrogen) atoms. The molecular weight excluding hydrogens is 252 g/mol. The number of thiophene rings is 2. The Morgan fingerprint density at radius 3 is 2.44 bits per heavy atom. The minimum atomic E-state index is -0.506. The molecule has 0 aromatic carbocycles. The topological polar surface area (TPSA) is 86.3 Å². The molecule has 0 atom stereocenters. The molecule has 0 amide bonds. The fraction of sp³-hybridized carbons (Fsp3) is 0. The minimum Gasteiger partial charge on any atom is -0.258 e. The fourth-order valence-electron chi connectivity index (χ4n) is 1.20.